The van der Waals surface area contributed by atoms with E-state index in [1.807, 2.05) is 44.2 Å². The molecule has 2 aromatic rings. The van der Waals surface area contributed by atoms with Crippen molar-refractivity contribution in [3.63, 3.8) is 0 Å². The number of hydrogen-bond donors (Lipinski definition) is 2. The number of nitrogens with zero attached hydrogens (tertiary/aromatic N) is 2. The highest BCUT2D eigenvalue weighted by molar-refractivity contribution is 5.17. The second kappa shape index (κ2) is 5.95. The fourth-order valence-electron chi connectivity index (χ4n) is 1.76. The SMILES string of the molecule is CC(C)[C@H](N)C(O)c1nnc(Cc2ccccc2)o1. The van der Waals surface area contributed by atoms with Gasteiger partial charge in [-0.25, -0.2) is 0 Å². The van der Waals surface area contributed by atoms with Crippen molar-refractivity contribution in [3.8, 4) is 0 Å². The van der Waals surface area contributed by atoms with E-state index in [9.17, 15) is 5.11 Å². The normalized spacial score (nSPS) is 14.6. The summed E-state index contributed by atoms with van der Waals surface area (Å²) in [4.78, 5) is 0. The Morgan fingerprint density at radius 2 is 1.89 bits per heavy atom. The summed E-state index contributed by atoms with van der Waals surface area (Å²) in [6.07, 6.45) is -0.366. The summed E-state index contributed by atoms with van der Waals surface area (Å²) >= 11 is 0. The van der Waals surface area contributed by atoms with Gasteiger partial charge in [-0.15, -0.1) is 10.2 Å². The molecule has 19 heavy (non-hydrogen) atoms. The highest BCUT2D eigenvalue weighted by Crippen LogP contribution is 2.19. The van der Waals surface area contributed by atoms with E-state index in [2.05, 4.69) is 10.2 Å². The number of hydrogen-bond acceptors (Lipinski definition) is 5. The third kappa shape index (κ3) is 3.39. The molecule has 1 unspecified atom stereocenters. The molecule has 1 heterocycles. The lowest BCUT2D eigenvalue weighted by Gasteiger charge is -2.18. The zero-order valence-electron chi connectivity index (χ0n) is 11.2. The number of rotatable bonds is 5. The molecule has 1 aromatic heterocycles. The third-order valence-corrected chi connectivity index (χ3v) is 3.07. The summed E-state index contributed by atoms with van der Waals surface area (Å²) < 4.78 is 5.47. The number of aliphatic hydroxyl groups excluding tert-OH is 1. The van der Waals surface area contributed by atoms with Crippen molar-refractivity contribution in [2.75, 3.05) is 0 Å². The minimum atomic E-state index is -0.919. The number of aliphatic hydroxyl groups is 1. The largest absolute Gasteiger partial charge is 0.422 e. The molecule has 0 saturated carbocycles. The number of nitrogens with two attached hydrogens (primary N) is 1. The van der Waals surface area contributed by atoms with Crippen LogP contribution >= 0.6 is 0 Å². The molecule has 0 aliphatic rings. The number of benzene rings is 1. The van der Waals surface area contributed by atoms with Crippen LogP contribution in [0.15, 0.2) is 34.7 Å². The lowest BCUT2D eigenvalue weighted by molar-refractivity contribution is 0.0961. The Bertz CT molecular complexity index is 510. The molecule has 0 saturated heterocycles. The summed E-state index contributed by atoms with van der Waals surface area (Å²) in [5.41, 5.74) is 6.96. The quantitative estimate of drug-likeness (QED) is 0.855. The highest BCUT2D eigenvalue weighted by Gasteiger charge is 2.25. The van der Waals surface area contributed by atoms with Gasteiger partial charge in [-0.05, 0) is 11.5 Å². The van der Waals surface area contributed by atoms with Gasteiger partial charge in [0.2, 0.25) is 11.8 Å². The molecular formula is C14H19N3O2. The summed E-state index contributed by atoms with van der Waals surface area (Å²) in [5.74, 6) is 0.808. The Morgan fingerprint density at radius 3 is 2.53 bits per heavy atom. The maximum atomic E-state index is 10.0. The van der Waals surface area contributed by atoms with E-state index in [1.165, 1.54) is 0 Å². The van der Waals surface area contributed by atoms with Crippen LogP contribution < -0.4 is 5.73 Å². The summed E-state index contributed by atoms with van der Waals surface area (Å²) in [7, 11) is 0. The van der Waals surface area contributed by atoms with Crippen molar-refractivity contribution < 1.29 is 9.52 Å². The van der Waals surface area contributed by atoms with Gasteiger partial charge in [-0.1, -0.05) is 44.2 Å². The molecule has 2 rings (SSSR count). The smallest absolute Gasteiger partial charge is 0.246 e. The van der Waals surface area contributed by atoms with E-state index in [4.69, 9.17) is 10.2 Å². The first kappa shape index (κ1) is 13.7. The minimum absolute atomic E-state index is 0.138. The van der Waals surface area contributed by atoms with E-state index < -0.39 is 12.1 Å². The van der Waals surface area contributed by atoms with Crippen molar-refractivity contribution in [2.45, 2.75) is 32.4 Å². The van der Waals surface area contributed by atoms with Crippen LogP contribution in [0.2, 0.25) is 0 Å². The first-order valence-corrected chi connectivity index (χ1v) is 6.37. The highest BCUT2D eigenvalue weighted by atomic mass is 16.4. The minimum Gasteiger partial charge on any atom is -0.422 e. The lowest BCUT2D eigenvalue weighted by atomic mass is 10.00. The average molecular weight is 261 g/mol. The fourth-order valence-corrected chi connectivity index (χ4v) is 1.76. The van der Waals surface area contributed by atoms with E-state index in [-0.39, 0.29) is 11.8 Å². The van der Waals surface area contributed by atoms with Crippen LogP contribution in [-0.2, 0) is 6.42 Å². The molecule has 0 aliphatic heterocycles. The molecule has 0 bridgehead atoms. The van der Waals surface area contributed by atoms with E-state index >= 15 is 0 Å². The Hall–Kier alpha value is -1.72. The zero-order valence-corrected chi connectivity index (χ0v) is 11.2. The third-order valence-electron chi connectivity index (χ3n) is 3.07. The Morgan fingerprint density at radius 1 is 1.21 bits per heavy atom. The fraction of sp³-hybridized carbons (Fsp3) is 0.429. The summed E-state index contributed by atoms with van der Waals surface area (Å²) in [5, 5.41) is 17.8. The first-order chi connectivity index (χ1) is 9.08. The molecule has 5 nitrogen and oxygen atoms in total. The Kier molecular flexibility index (Phi) is 4.29. The van der Waals surface area contributed by atoms with E-state index in [1.54, 1.807) is 0 Å². The monoisotopic (exact) mass is 261 g/mol. The summed E-state index contributed by atoms with van der Waals surface area (Å²) in [6, 6.07) is 9.42. The molecule has 102 valence electrons. The second-order valence-corrected chi connectivity index (χ2v) is 4.96. The van der Waals surface area contributed by atoms with E-state index in [0.717, 1.165) is 5.56 Å². The molecule has 0 amide bonds. The van der Waals surface area contributed by atoms with Crippen molar-refractivity contribution in [1.29, 1.82) is 0 Å². The van der Waals surface area contributed by atoms with Crippen LogP contribution in [0, 0.1) is 5.92 Å². The van der Waals surface area contributed by atoms with Gasteiger partial charge in [0.1, 0.15) is 6.10 Å². The first-order valence-electron chi connectivity index (χ1n) is 6.37. The van der Waals surface area contributed by atoms with Gasteiger partial charge in [0.25, 0.3) is 0 Å². The Balaban J connectivity index is 2.07. The van der Waals surface area contributed by atoms with Crippen molar-refractivity contribution in [3.05, 3.63) is 47.7 Å². The molecule has 0 aliphatic carbocycles. The van der Waals surface area contributed by atoms with Gasteiger partial charge < -0.3 is 15.3 Å². The number of aromatic nitrogens is 2. The second-order valence-electron chi connectivity index (χ2n) is 4.96. The van der Waals surface area contributed by atoms with Crippen molar-refractivity contribution >= 4 is 0 Å². The maximum absolute atomic E-state index is 10.0. The molecule has 0 radical (unpaired) electrons. The van der Waals surface area contributed by atoms with Crippen LogP contribution in [0.5, 0.6) is 0 Å². The van der Waals surface area contributed by atoms with Crippen LogP contribution in [0.4, 0.5) is 0 Å². The van der Waals surface area contributed by atoms with Gasteiger partial charge in [-0.3, -0.25) is 0 Å². The van der Waals surface area contributed by atoms with Crippen LogP contribution in [0.1, 0.15) is 37.3 Å². The molecule has 5 heteroatoms. The zero-order chi connectivity index (χ0) is 13.8. The van der Waals surface area contributed by atoms with Crippen LogP contribution in [-0.4, -0.2) is 21.3 Å². The van der Waals surface area contributed by atoms with Gasteiger partial charge in [0.15, 0.2) is 0 Å². The summed E-state index contributed by atoms with van der Waals surface area (Å²) in [6.45, 7) is 3.88. The van der Waals surface area contributed by atoms with Crippen LogP contribution in [0.25, 0.3) is 0 Å². The van der Waals surface area contributed by atoms with Gasteiger partial charge in [-0.2, -0.15) is 0 Å². The predicted molar refractivity (Wildman–Crippen MR) is 71.3 cm³/mol. The van der Waals surface area contributed by atoms with Crippen molar-refractivity contribution in [2.24, 2.45) is 11.7 Å². The maximum Gasteiger partial charge on any atom is 0.246 e. The molecule has 0 fully saturated rings. The van der Waals surface area contributed by atoms with Crippen molar-refractivity contribution in [1.82, 2.24) is 10.2 Å². The molecule has 0 spiro atoms. The molecular weight excluding hydrogens is 242 g/mol. The predicted octanol–water partition coefficient (Wildman–Crippen LogP) is 1.68. The Labute approximate surface area is 112 Å². The lowest BCUT2D eigenvalue weighted by Crippen LogP contribution is -2.33. The molecule has 3 N–H and O–H groups in total. The average Bonchev–Trinajstić information content (AvgIpc) is 2.86. The van der Waals surface area contributed by atoms with Gasteiger partial charge >= 0.3 is 0 Å². The molecule has 1 aromatic carbocycles. The van der Waals surface area contributed by atoms with Crippen LogP contribution in [0.3, 0.4) is 0 Å². The van der Waals surface area contributed by atoms with Gasteiger partial charge in [0.05, 0.1) is 6.42 Å². The van der Waals surface area contributed by atoms with E-state index in [0.29, 0.717) is 12.3 Å². The topological polar surface area (TPSA) is 85.2 Å². The standard InChI is InChI=1S/C14H19N3O2/c1-9(2)12(15)13(18)14-17-16-11(19-14)8-10-6-4-3-5-7-10/h3-7,9,12-13,18H,8,15H2,1-2H3/t12-,13?/m0/s1. The van der Waals surface area contributed by atoms with Gasteiger partial charge in [0, 0.05) is 6.04 Å². The molecule has 2 atom stereocenters.